The normalized spacial score (nSPS) is 21.1. The fourth-order valence-electron chi connectivity index (χ4n) is 2.26. The van der Waals surface area contributed by atoms with Crippen LogP contribution in [0, 0.1) is 0 Å². The second-order valence-corrected chi connectivity index (χ2v) is 4.28. The van der Waals surface area contributed by atoms with Crippen LogP contribution in [0.15, 0.2) is 17.4 Å². The molecule has 4 N–H and O–H groups in total. The number of nitrogens with two attached hydrogens (primary N) is 1. The van der Waals surface area contributed by atoms with Crippen molar-refractivity contribution in [3.63, 3.8) is 0 Å². The van der Waals surface area contributed by atoms with E-state index < -0.39 is 0 Å². The molecule has 1 atom stereocenters. The van der Waals surface area contributed by atoms with Gasteiger partial charge < -0.3 is 20.9 Å². The summed E-state index contributed by atoms with van der Waals surface area (Å²) in [7, 11) is 0. The van der Waals surface area contributed by atoms with Crippen LogP contribution in [0.3, 0.4) is 0 Å². The number of aromatic nitrogens is 2. The van der Waals surface area contributed by atoms with Crippen LogP contribution in [0.2, 0.25) is 0 Å². The number of aliphatic hydroxyl groups excluding tert-OH is 1. The molecule has 1 aromatic heterocycles. The van der Waals surface area contributed by atoms with Crippen molar-refractivity contribution < 1.29 is 10.3 Å². The number of oxime groups is 1. The zero-order valence-corrected chi connectivity index (χ0v) is 10.0. The molecule has 0 spiro atoms. The maximum atomic E-state index is 9.41. The van der Waals surface area contributed by atoms with E-state index in [4.69, 9.17) is 10.9 Å². The maximum Gasteiger partial charge on any atom is 0.173 e. The van der Waals surface area contributed by atoms with Gasteiger partial charge in [0.15, 0.2) is 11.7 Å². The smallest absolute Gasteiger partial charge is 0.173 e. The quantitative estimate of drug-likeness (QED) is 0.300. The zero-order valence-electron chi connectivity index (χ0n) is 10.0. The average Bonchev–Trinajstić information content (AvgIpc) is 2.46. The van der Waals surface area contributed by atoms with Crippen LogP contribution in [0.25, 0.3) is 0 Å². The first kappa shape index (κ1) is 12.6. The molecular weight excluding hydrogens is 234 g/mol. The Balaban J connectivity index is 2.37. The molecule has 0 bridgehead atoms. The number of anilines is 1. The molecule has 2 heterocycles. The topological polar surface area (TPSA) is 108 Å². The molecule has 0 radical (unpaired) electrons. The lowest BCUT2D eigenvalue weighted by atomic mass is 10.0. The molecular formula is C11H17N5O2. The molecule has 1 aliphatic heterocycles. The number of hydrogen-bond acceptors (Lipinski definition) is 6. The fourth-order valence-corrected chi connectivity index (χ4v) is 2.26. The second kappa shape index (κ2) is 5.63. The molecule has 0 amide bonds. The Labute approximate surface area is 105 Å². The summed E-state index contributed by atoms with van der Waals surface area (Å²) in [5.41, 5.74) is 6.17. The van der Waals surface area contributed by atoms with Crippen LogP contribution in [0.1, 0.15) is 24.8 Å². The minimum absolute atomic E-state index is 0.00200. The minimum atomic E-state index is 0.00200. The highest BCUT2D eigenvalue weighted by Crippen LogP contribution is 2.25. The summed E-state index contributed by atoms with van der Waals surface area (Å²) in [6, 6.07) is 1.67. The van der Waals surface area contributed by atoms with Crippen molar-refractivity contribution in [2.45, 2.75) is 25.3 Å². The van der Waals surface area contributed by atoms with Crippen molar-refractivity contribution in [1.29, 1.82) is 0 Å². The molecule has 18 heavy (non-hydrogen) atoms. The van der Waals surface area contributed by atoms with Gasteiger partial charge in [0.25, 0.3) is 0 Å². The molecule has 1 aromatic rings. The summed E-state index contributed by atoms with van der Waals surface area (Å²) in [4.78, 5) is 1.98. The number of nitrogens with zero attached hydrogens (tertiary/aromatic N) is 4. The van der Waals surface area contributed by atoms with E-state index in [0.717, 1.165) is 25.8 Å². The van der Waals surface area contributed by atoms with E-state index in [2.05, 4.69) is 15.4 Å². The van der Waals surface area contributed by atoms with E-state index in [1.807, 2.05) is 4.90 Å². The van der Waals surface area contributed by atoms with Crippen LogP contribution in [-0.4, -0.2) is 45.5 Å². The average molecular weight is 251 g/mol. The van der Waals surface area contributed by atoms with E-state index >= 15 is 0 Å². The zero-order chi connectivity index (χ0) is 13.0. The molecule has 0 aliphatic carbocycles. The minimum Gasteiger partial charge on any atom is -0.409 e. The highest BCUT2D eigenvalue weighted by molar-refractivity contribution is 6.01. The number of hydrogen-bond donors (Lipinski definition) is 3. The van der Waals surface area contributed by atoms with Crippen molar-refractivity contribution >= 4 is 11.7 Å². The predicted octanol–water partition coefficient (Wildman–Crippen LogP) is -0.0777. The van der Waals surface area contributed by atoms with E-state index in [9.17, 15) is 5.11 Å². The van der Waals surface area contributed by atoms with Crippen molar-refractivity contribution in [3.05, 3.63) is 17.8 Å². The lowest BCUT2D eigenvalue weighted by Gasteiger charge is -2.36. The summed E-state index contributed by atoms with van der Waals surface area (Å²) < 4.78 is 0. The molecule has 1 aliphatic rings. The molecule has 0 saturated carbocycles. The van der Waals surface area contributed by atoms with Gasteiger partial charge in [0.1, 0.15) is 0 Å². The first-order valence-electron chi connectivity index (χ1n) is 5.95. The first-order chi connectivity index (χ1) is 8.77. The Morgan fingerprint density at radius 3 is 3.11 bits per heavy atom. The third-order valence-electron chi connectivity index (χ3n) is 3.19. The van der Waals surface area contributed by atoms with Crippen molar-refractivity contribution in [1.82, 2.24) is 10.2 Å². The van der Waals surface area contributed by atoms with Gasteiger partial charge in [-0.1, -0.05) is 5.16 Å². The van der Waals surface area contributed by atoms with Crippen LogP contribution in [0.4, 0.5) is 5.82 Å². The van der Waals surface area contributed by atoms with Crippen LogP contribution < -0.4 is 10.6 Å². The summed E-state index contributed by atoms with van der Waals surface area (Å²) in [6.45, 7) is 0.849. The van der Waals surface area contributed by atoms with E-state index in [1.165, 1.54) is 6.20 Å². The molecule has 2 rings (SSSR count). The van der Waals surface area contributed by atoms with Gasteiger partial charge in [0.05, 0.1) is 24.4 Å². The Hall–Kier alpha value is -1.89. The maximum absolute atomic E-state index is 9.41. The van der Waals surface area contributed by atoms with Gasteiger partial charge in [-0.05, 0) is 25.3 Å². The van der Waals surface area contributed by atoms with Crippen molar-refractivity contribution in [2.75, 3.05) is 18.1 Å². The van der Waals surface area contributed by atoms with Crippen LogP contribution >= 0.6 is 0 Å². The summed E-state index contributed by atoms with van der Waals surface area (Å²) >= 11 is 0. The van der Waals surface area contributed by atoms with E-state index in [-0.39, 0.29) is 18.5 Å². The lowest BCUT2D eigenvalue weighted by molar-refractivity contribution is 0.239. The Kier molecular flexibility index (Phi) is 3.93. The van der Waals surface area contributed by atoms with Gasteiger partial charge in [-0.3, -0.25) is 0 Å². The van der Waals surface area contributed by atoms with Gasteiger partial charge in [-0.15, -0.1) is 5.10 Å². The lowest BCUT2D eigenvalue weighted by Crippen LogP contribution is -2.43. The van der Waals surface area contributed by atoms with E-state index in [0.29, 0.717) is 11.4 Å². The van der Waals surface area contributed by atoms with Crippen LogP contribution in [-0.2, 0) is 0 Å². The van der Waals surface area contributed by atoms with Gasteiger partial charge in [0.2, 0.25) is 0 Å². The second-order valence-electron chi connectivity index (χ2n) is 4.28. The van der Waals surface area contributed by atoms with Crippen LogP contribution in [0.5, 0.6) is 0 Å². The fraction of sp³-hybridized carbons (Fsp3) is 0.545. The Morgan fingerprint density at radius 2 is 2.39 bits per heavy atom. The third kappa shape index (κ3) is 2.35. The molecule has 98 valence electrons. The Morgan fingerprint density at radius 1 is 1.56 bits per heavy atom. The van der Waals surface area contributed by atoms with Gasteiger partial charge in [-0.25, -0.2) is 0 Å². The largest absolute Gasteiger partial charge is 0.409 e. The molecule has 1 unspecified atom stereocenters. The molecule has 0 aromatic carbocycles. The Bertz CT molecular complexity index is 437. The third-order valence-corrected chi connectivity index (χ3v) is 3.19. The van der Waals surface area contributed by atoms with Gasteiger partial charge >= 0.3 is 0 Å². The number of rotatable bonds is 3. The molecule has 7 heteroatoms. The monoisotopic (exact) mass is 251 g/mol. The van der Waals surface area contributed by atoms with Gasteiger partial charge in [-0.2, -0.15) is 5.10 Å². The molecule has 7 nitrogen and oxygen atoms in total. The molecule has 1 fully saturated rings. The van der Waals surface area contributed by atoms with Crippen molar-refractivity contribution in [3.8, 4) is 0 Å². The van der Waals surface area contributed by atoms with Crippen molar-refractivity contribution in [2.24, 2.45) is 10.9 Å². The predicted molar refractivity (Wildman–Crippen MR) is 66.6 cm³/mol. The van der Waals surface area contributed by atoms with E-state index in [1.54, 1.807) is 6.07 Å². The number of aliphatic hydroxyl groups is 1. The SMILES string of the molecule is N/C(=N/O)c1ccnnc1N1CCCCC1CO. The first-order valence-corrected chi connectivity index (χ1v) is 5.95. The standard InChI is InChI=1S/C11H17N5O2/c12-10(15-18)9-4-5-13-14-11(9)16-6-2-1-3-8(16)7-17/h4-5,8,17-18H,1-3,6-7H2,(H2,12,15). The highest BCUT2D eigenvalue weighted by atomic mass is 16.4. The number of amidine groups is 1. The summed E-state index contributed by atoms with van der Waals surface area (Å²) in [6.07, 6.45) is 4.51. The number of piperidine rings is 1. The summed E-state index contributed by atoms with van der Waals surface area (Å²) in [5, 5.41) is 29.1. The molecule has 1 saturated heterocycles. The van der Waals surface area contributed by atoms with Gasteiger partial charge in [0, 0.05) is 6.54 Å². The summed E-state index contributed by atoms with van der Waals surface area (Å²) in [5.74, 6) is 0.564. The highest BCUT2D eigenvalue weighted by Gasteiger charge is 2.26.